The molecule has 4 aromatic rings. The van der Waals surface area contributed by atoms with Crippen LogP contribution in [-0.4, -0.2) is 31.2 Å². The van der Waals surface area contributed by atoms with Gasteiger partial charge in [-0.2, -0.15) is 0 Å². The molecule has 0 aliphatic carbocycles. The molecule has 0 radical (unpaired) electrons. The van der Waals surface area contributed by atoms with Crippen molar-refractivity contribution in [3.8, 4) is 5.75 Å². The average molecular weight is 438 g/mol. The summed E-state index contributed by atoms with van der Waals surface area (Å²) >= 11 is 0. The molecule has 3 heteroatoms. The molecule has 0 bridgehead atoms. The van der Waals surface area contributed by atoms with Gasteiger partial charge >= 0.3 is 0 Å². The first-order valence-corrected chi connectivity index (χ1v) is 11.8. The van der Waals surface area contributed by atoms with Crippen molar-refractivity contribution in [3.63, 3.8) is 0 Å². The fourth-order valence-electron chi connectivity index (χ4n) is 4.90. The molecule has 1 saturated heterocycles. The van der Waals surface area contributed by atoms with Crippen LogP contribution in [0.15, 0.2) is 97.1 Å². The zero-order chi connectivity index (χ0) is 22.5. The van der Waals surface area contributed by atoms with E-state index >= 15 is 0 Å². The van der Waals surface area contributed by atoms with Gasteiger partial charge in [-0.25, -0.2) is 0 Å². The molecule has 1 aliphatic heterocycles. The van der Waals surface area contributed by atoms with Crippen LogP contribution in [0.25, 0.3) is 10.8 Å². The van der Waals surface area contributed by atoms with Gasteiger partial charge in [0.25, 0.3) is 0 Å². The van der Waals surface area contributed by atoms with Crippen LogP contribution in [0.3, 0.4) is 0 Å². The number of nitrogens with zero attached hydrogens (tertiary/aromatic N) is 1. The van der Waals surface area contributed by atoms with Crippen LogP contribution in [0.4, 0.5) is 0 Å². The standard InChI is InChI=1S/C30H31NO2/c1-32-28-15-13-26(14-16-28)29-17-18-31(20-23-7-3-2-4-8-23)21-30(29)33-22-24-11-12-25-9-5-6-10-27(25)19-24/h2-16,19,29-30H,17-18,20-22H2,1H3. The molecule has 3 nitrogen and oxygen atoms in total. The van der Waals surface area contributed by atoms with Gasteiger partial charge in [-0.15, -0.1) is 0 Å². The number of benzene rings is 4. The van der Waals surface area contributed by atoms with Gasteiger partial charge in [0.1, 0.15) is 5.75 Å². The van der Waals surface area contributed by atoms with Gasteiger partial charge in [0.2, 0.25) is 0 Å². The third-order valence-electron chi connectivity index (χ3n) is 6.71. The maximum atomic E-state index is 6.64. The lowest BCUT2D eigenvalue weighted by Crippen LogP contribution is -2.43. The Morgan fingerprint density at radius 3 is 2.33 bits per heavy atom. The normalized spacial score (nSPS) is 18.9. The lowest BCUT2D eigenvalue weighted by atomic mass is 9.86. The molecule has 0 spiro atoms. The lowest BCUT2D eigenvalue weighted by molar-refractivity contribution is -0.0263. The third-order valence-corrected chi connectivity index (χ3v) is 6.71. The fourth-order valence-corrected chi connectivity index (χ4v) is 4.90. The number of fused-ring (bicyclic) bond motifs is 1. The molecule has 168 valence electrons. The Morgan fingerprint density at radius 2 is 1.55 bits per heavy atom. The Balaban J connectivity index is 1.33. The van der Waals surface area contributed by atoms with Crippen LogP contribution in [0.1, 0.15) is 29.0 Å². The predicted octanol–water partition coefficient (Wildman–Crippen LogP) is 6.42. The molecule has 2 atom stereocenters. The van der Waals surface area contributed by atoms with Crippen LogP contribution in [0.2, 0.25) is 0 Å². The number of methoxy groups -OCH3 is 1. The predicted molar refractivity (Wildman–Crippen MR) is 135 cm³/mol. The summed E-state index contributed by atoms with van der Waals surface area (Å²) in [4.78, 5) is 2.53. The second kappa shape index (κ2) is 10.2. The summed E-state index contributed by atoms with van der Waals surface area (Å²) < 4.78 is 12.0. The molecule has 1 aliphatic rings. The minimum atomic E-state index is 0.141. The molecule has 1 heterocycles. The van der Waals surface area contributed by atoms with Gasteiger partial charge in [0.05, 0.1) is 19.8 Å². The van der Waals surface area contributed by atoms with E-state index in [4.69, 9.17) is 9.47 Å². The summed E-state index contributed by atoms with van der Waals surface area (Å²) in [7, 11) is 1.71. The molecule has 1 fully saturated rings. The second-order valence-electron chi connectivity index (χ2n) is 8.92. The molecule has 0 saturated carbocycles. The number of piperidine rings is 1. The summed E-state index contributed by atoms with van der Waals surface area (Å²) in [5, 5.41) is 2.53. The van der Waals surface area contributed by atoms with Crippen LogP contribution in [0.5, 0.6) is 5.75 Å². The summed E-state index contributed by atoms with van der Waals surface area (Å²) in [5.74, 6) is 1.28. The summed E-state index contributed by atoms with van der Waals surface area (Å²) in [5.41, 5.74) is 3.91. The molecule has 4 aromatic carbocycles. The zero-order valence-corrected chi connectivity index (χ0v) is 19.2. The molecule has 0 N–H and O–H groups in total. The zero-order valence-electron chi connectivity index (χ0n) is 19.2. The Labute approximate surface area is 196 Å². The van der Waals surface area contributed by atoms with Gasteiger partial charge in [-0.05, 0) is 58.6 Å². The van der Waals surface area contributed by atoms with E-state index in [-0.39, 0.29) is 6.10 Å². The van der Waals surface area contributed by atoms with Gasteiger partial charge in [0, 0.05) is 19.0 Å². The number of likely N-dealkylation sites (tertiary alicyclic amines) is 1. The number of ether oxygens (including phenoxy) is 2. The third kappa shape index (κ3) is 5.27. The molecule has 5 rings (SSSR count). The van der Waals surface area contributed by atoms with E-state index in [9.17, 15) is 0 Å². The molecule has 2 unspecified atom stereocenters. The van der Waals surface area contributed by atoms with E-state index in [1.165, 1.54) is 27.5 Å². The van der Waals surface area contributed by atoms with Crippen molar-refractivity contribution < 1.29 is 9.47 Å². The van der Waals surface area contributed by atoms with Gasteiger partial charge in [-0.1, -0.05) is 78.9 Å². The molecule has 0 amide bonds. The van der Waals surface area contributed by atoms with Crippen molar-refractivity contribution in [1.29, 1.82) is 0 Å². The van der Waals surface area contributed by atoms with E-state index < -0.39 is 0 Å². The van der Waals surface area contributed by atoms with Crippen molar-refractivity contribution in [2.75, 3.05) is 20.2 Å². The minimum Gasteiger partial charge on any atom is -0.497 e. The van der Waals surface area contributed by atoms with Crippen molar-refractivity contribution >= 4 is 10.8 Å². The Kier molecular flexibility index (Phi) is 6.71. The molecule has 0 aromatic heterocycles. The van der Waals surface area contributed by atoms with E-state index in [2.05, 4.69) is 102 Å². The Hall–Kier alpha value is -3.14. The Morgan fingerprint density at radius 1 is 0.788 bits per heavy atom. The van der Waals surface area contributed by atoms with Gasteiger partial charge < -0.3 is 9.47 Å². The quantitative estimate of drug-likeness (QED) is 0.333. The number of hydrogen-bond donors (Lipinski definition) is 0. The largest absolute Gasteiger partial charge is 0.497 e. The maximum Gasteiger partial charge on any atom is 0.118 e. The Bertz CT molecular complexity index is 1170. The first-order chi connectivity index (χ1) is 16.3. The SMILES string of the molecule is COc1ccc(C2CCN(Cc3ccccc3)CC2OCc2ccc3ccccc3c2)cc1. The summed E-state index contributed by atoms with van der Waals surface area (Å²) in [6.07, 6.45) is 1.23. The maximum absolute atomic E-state index is 6.64. The highest BCUT2D eigenvalue weighted by Gasteiger charge is 2.31. The van der Waals surface area contributed by atoms with Gasteiger partial charge in [0.15, 0.2) is 0 Å². The number of hydrogen-bond acceptors (Lipinski definition) is 3. The van der Waals surface area contributed by atoms with E-state index in [0.29, 0.717) is 12.5 Å². The highest BCUT2D eigenvalue weighted by molar-refractivity contribution is 5.82. The molecular weight excluding hydrogens is 406 g/mol. The highest BCUT2D eigenvalue weighted by Crippen LogP contribution is 2.33. The van der Waals surface area contributed by atoms with Gasteiger partial charge in [-0.3, -0.25) is 4.90 Å². The lowest BCUT2D eigenvalue weighted by Gasteiger charge is -2.39. The summed E-state index contributed by atoms with van der Waals surface area (Å²) in [6.45, 7) is 3.59. The van der Waals surface area contributed by atoms with Crippen molar-refractivity contribution in [1.82, 2.24) is 4.90 Å². The van der Waals surface area contributed by atoms with Crippen LogP contribution < -0.4 is 4.74 Å². The van der Waals surface area contributed by atoms with E-state index in [1.54, 1.807) is 7.11 Å². The van der Waals surface area contributed by atoms with Crippen LogP contribution >= 0.6 is 0 Å². The van der Waals surface area contributed by atoms with Crippen molar-refractivity contribution in [2.24, 2.45) is 0 Å². The van der Waals surface area contributed by atoms with Crippen LogP contribution in [-0.2, 0) is 17.9 Å². The second-order valence-corrected chi connectivity index (χ2v) is 8.92. The monoisotopic (exact) mass is 437 g/mol. The van der Waals surface area contributed by atoms with Crippen molar-refractivity contribution in [2.45, 2.75) is 31.6 Å². The van der Waals surface area contributed by atoms with Crippen molar-refractivity contribution in [3.05, 3.63) is 114 Å². The molecular formula is C30H31NO2. The van der Waals surface area contributed by atoms with Crippen LogP contribution in [0, 0.1) is 0 Å². The minimum absolute atomic E-state index is 0.141. The molecule has 33 heavy (non-hydrogen) atoms. The highest BCUT2D eigenvalue weighted by atomic mass is 16.5. The first-order valence-electron chi connectivity index (χ1n) is 11.8. The fraction of sp³-hybridized carbons (Fsp3) is 0.267. The smallest absolute Gasteiger partial charge is 0.118 e. The average Bonchev–Trinajstić information content (AvgIpc) is 2.88. The summed E-state index contributed by atoms with van der Waals surface area (Å²) in [6, 6.07) is 34.4. The van der Waals surface area contributed by atoms with E-state index in [0.717, 1.165) is 31.8 Å². The topological polar surface area (TPSA) is 21.7 Å². The first kappa shape index (κ1) is 21.7. The number of rotatable bonds is 7. The van der Waals surface area contributed by atoms with E-state index in [1.807, 2.05) is 0 Å².